The number of rotatable bonds is 0. The van der Waals surface area contributed by atoms with Gasteiger partial charge in [0.1, 0.15) is 0 Å². The summed E-state index contributed by atoms with van der Waals surface area (Å²) in [5.41, 5.74) is 0. The summed E-state index contributed by atoms with van der Waals surface area (Å²) >= 11 is 0. The molecule has 0 aliphatic rings. The fraction of sp³-hybridized carbons (Fsp3) is 1.00. The van der Waals surface area contributed by atoms with Gasteiger partial charge in [0, 0.05) is 0 Å². The zero-order valence-electron chi connectivity index (χ0n) is 9.41. The Morgan fingerprint density at radius 1 is 0.357 bits per heavy atom. The van der Waals surface area contributed by atoms with Crippen molar-refractivity contribution in [1.29, 1.82) is 0 Å². The molecule has 16 N–H and O–H groups in total. The van der Waals surface area contributed by atoms with Gasteiger partial charge in [0.25, 0.3) is 0 Å². The molecule has 0 fully saturated rings. The summed E-state index contributed by atoms with van der Waals surface area (Å²) < 4.78 is 0. The lowest BCUT2D eigenvalue weighted by Crippen LogP contribution is -1.27. The van der Waals surface area contributed by atoms with Crippen LogP contribution in [-0.2, 0) is 0 Å². The Balaban J connectivity index is -0.00000000182. The molecular formula is C6H32O8. The molecule has 8 heteroatoms. The smallest absolute Gasteiger partial charge is 0.0590 e. The second-order valence-electron chi connectivity index (χ2n) is 1.41. The Morgan fingerprint density at radius 3 is 0.357 bits per heavy atom. The molecule has 0 aromatic heterocycles. The zero-order valence-corrected chi connectivity index (χ0v) is 9.41. The van der Waals surface area contributed by atoms with Crippen LogP contribution < -0.4 is 0 Å². The maximum atomic E-state index is 2.12. The van der Waals surface area contributed by atoms with E-state index in [2.05, 4.69) is 27.7 Å². The van der Waals surface area contributed by atoms with E-state index in [1.54, 1.807) is 0 Å². The monoisotopic (exact) mass is 232 g/mol. The van der Waals surface area contributed by atoms with Gasteiger partial charge in [0.15, 0.2) is 0 Å². The Morgan fingerprint density at radius 2 is 0.357 bits per heavy atom. The minimum Gasteiger partial charge on any atom is -0.412 e. The molecule has 0 unspecified atom stereocenters. The lowest BCUT2D eigenvalue weighted by molar-refractivity contribution is 0.823. The van der Waals surface area contributed by atoms with Crippen LogP contribution in [0, 0.1) is 0 Å². The Hall–Kier alpha value is -0.320. The van der Waals surface area contributed by atoms with Crippen molar-refractivity contribution in [3.8, 4) is 0 Å². The highest BCUT2D eigenvalue weighted by Gasteiger charge is 1.36. The summed E-state index contributed by atoms with van der Waals surface area (Å²) in [7, 11) is 0. The third kappa shape index (κ3) is 13000. The lowest BCUT2D eigenvalue weighted by Gasteiger charge is -1.48. The highest BCUT2D eigenvalue weighted by Crippen LogP contribution is 1.56. The molecular weight excluding hydrogens is 200 g/mol. The van der Waals surface area contributed by atoms with Crippen LogP contribution in [-0.4, -0.2) is 43.8 Å². The van der Waals surface area contributed by atoms with Crippen molar-refractivity contribution in [1.82, 2.24) is 0 Å². The summed E-state index contributed by atoms with van der Waals surface area (Å²) in [5.74, 6) is 0. The van der Waals surface area contributed by atoms with Crippen LogP contribution >= 0.6 is 0 Å². The molecule has 0 bridgehead atoms. The maximum absolute atomic E-state index is 2.12. The highest BCUT2D eigenvalue weighted by atomic mass is 16.0. The quantitative estimate of drug-likeness (QED) is 0.389. The number of hydrogen-bond donors (Lipinski definition) is 0. The van der Waals surface area contributed by atoms with E-state index in [0.29, 0.717) is 0 Å². The first kappa shape index (κ1) is 162. The topological polar surface area (TPSA) is 252 Å². The highest BCUT2D eigenvalue weighted by molar-refractivity contribution is 3.92. The number of hydrogen-bond acceptors (Lipinski definition) is 0. The fourth-order valence-corrected chi connectivity index (χ4v) is 0. The van der Waals surface area contributed by atoms with Gasteiger partial charge in [0.2, 0.25) is 0 Å². The van der Waals surface area contributed by atoms with Crippen LogP contribution in [0.2, 0.25) is 0 Å². The van der Waals surface area contributed by atoms with Crippen LogP contribution in [0.5, 0.6) is 0 Å². The van der Waals surface area contributed by atoms with Gasteiger partial charge >= 0.3 is 0 Å². The van der Waals surface area contributed by atoms with Gasteiger partial charge in [-0.05, 0) is 0 Å². The normalized spacial score (nSPS) is 2.57. The van der Waals surface area contributed by atoms with Gasteiger partial charge in [-0.15, -0.1) is 0 Å². The second kappa shape index (κ2) is 613. The van der Waals surface area contributed by atoms with E-state index in [9.17, 15) is 0 Å². The fourth-order valence-electron chi connectivity index (χ4n) is 0. The first-order valence-electron chi connectivity index (χ1n) is 2.83. The predicted molar refractivity (Wildman–Crippen MR) is 60.8 cm³/mol. The standard InChI is InChI=1S/2C3H8.8H2O/c2*1-3-2;;;;;;;;/h2*3H2,1-2H3;8*1H2. The molecule has 0 atom stereocenters. The van der Waals surface area contributed by atoms with Gasteiger partial charge in [-0.25, -0.2) is 0 Å². The zero-order chi connectivity index (χ0) is 5.41. The van der Waals surface area contributed by atoms with E-state index < -0.39 is 0 Å². The molecule has 0 aromatic carbocycles. The van der Waals surface area contributed by atoms with E-state index in [0.717, 1.165) is 0 Å². The molecule has 0 saturated heterocycles. The SMILES string of the molecule is CCC.CCC.O.O.O.O.O.O.O.O. The molecule has 0 radical (unpaired) electrons. The van der Waals surface area contributed by atoms with Crippen molar-refractivity contribution < 1.29 is 43.8 Å². The lowest BCUT2D eigenvalue weighted by atomic mass is 10.6. The predicted octanol–water partition coefficient (Wildman–Crippen LogP) is -3.77. The van der Waals surface area contributed by atoms with Crippen molar-refractivity contribution >= 4 is 0 Å². The molecule has 104 valence electrons. The van der Waals surface area contributed by atoms with Gasteiger partial charge in [-0.3, -0.25) is 0 Å². The summed E-state index contributed by atoms with van der Waals surface area (Å²) in [6.07, 6.45) is 2.50. The third-order valence-electron chi connectivity index (χ3n) is 0. The van der Waals surface area contributed by atoms with Crippen LogP contribution in [0.4, 0.5) is 0 Å². The molecule has 0 saturated carbocycles. The third-order valence-corrected chi connectivity index (χ3v) is 0. The molecule has 0 spiro atoms. The summed E-state index contributed by atoms with van der Waals surface area (Å²) in [6.45, 7) is 8.50. The summed E-state index contributed by atoms with van der Waals surface area (Å²) in [5, 5.41) is 0. The van der Waals surface area contributed by atoms with Gasteiger partial charge in [0.05, 0.1) is 0 Å². The van der Waals surface area contributed by atoms with E-state index >= 15 is 0 Å². The Labute approximate surface area is 85.4 Å². The average Bonchev–Trinajstić information content (AvgIpc) is 1.39. The van der Waals surface area contributed by atoms with Gasteiger partial charge in [-0.2, -0.15) is 0 Å². The van der Waals surface area contributed by atoms with E-state index in [4.69, 9.17) is 0 Å². The van der Waals surface area contributed by atoms with Crippen LogP contribution in [0.1, 0.15) is 40.5 Å². The Kier molecular flexibility index (Phi) is 7110. The molecule has 14 heavy (non-hydrogen) atoms. The van der Waals surface area contributed by atoms with Gasteiger partial charge < -0.3 is 43.8 Å². The minimum absolute atomic E-state index is 0. The van der Waals surface area contributed by atoms with E-state index in [-0.39, 0.29) is 43.8 Å². The van der Waals surface area contributed by atoms with Crippen molar-refractivity contribution in [3.63, 3.8) is 0 Å². The first-order valence-corrected chi connectivity index (χ1v) is 2.83. The molecule has 0 rings (SSSR count). The van der Waals surface area contributed by atoms with E-state index in [1.807, 2.05) is 0 Å². The molecule has 0 aliphatic carbocycles. The molecule has 0 aliphatic heterocycles. The molecule has 0 heterocycles. The van der Waals surface area contributed by atoms with Crippen molar-refractivity contribution in [3.05, 3.63) is 0 Å². The van der Waals surface area contributed by atoms with Crippen molar-refractivity contribution in [2.45, 2.75) is 40.5 Å². The molecule has 0 amide bonds. The maximum Gasteiger partial charge on any atom is -0.0590 e. The van der Waals surface area contributed by atoms with Gasteiger partial charge in [-0.1, -0.05) is 40.5 Å². The second-order valence-corrected chi connectivity index (χ2v) is 1.41. The first-order chi connectivity index (χ1) is 2.83. The summed E-state index contributed by atoms with van der Waals surface area (Å²) in [4.78, 5) is 0. The van der Waals surface area contributed by atoms with Crippen LogP contribution in [0.3, 0.4) is 0 Å². The van der Waals surface area contributed by atoms with E-state index in [1.165, 1.54) is 12.8 Å². The van der Waals surface area contributed by atoms with Crippen LogP contribution in [0.15, 0.2) is 0 Å². The molecule has 8 nitrogen and oxygen atoms in total. The average molecular weight is 232 g/mol. The van der Waals surface area contributed by atoms with Crippen LogP contribution in [0.25, 0.3) is 0 Å². The summed E-state index contributed by atoms with van der Waals surface area (Å²) in [6, 6.07) is 0. The minimum atomic E-state index is 0. The largest absolute Gasteiger partial charge is 0.412 e. The molecule has 0 aromatic rings. The van der Waals surface area contributed by atoms with Crippen molar-refractivity contribution in [2.24, 2.45) is 0 Å². The van der Waals surface area contributed by atoms with Crippen molar-refractivity contribution in [2.75, 3.05) is 0 Å². The Bertz CT molecular complexity index is 15.8.